The standard InChI is InChI=1S/C15H24N2O2.ClH/c1-11-10-14(12(2)19-11)15(18)17-8-5-13(6-9-17)4-7-16-3;/h10,13,16H,4-9H2,1-3H3;1H. The van der Waals surface area contributed by atoms with Crippen LogP contribution >= 0.6 is 12.4 Å². The number of rotatable bonds is 4. The molecule has 20 heavy (non-hydrogen) atoms. The van der Waals surface area contributed by atoms with Crippen molar-refractivity contribution < 1.29 is 9.21 Å². The van der Waals surface area contributed by atoms with Gasteiger partial charge in [0.1, 0.15) is 11.5 Å². The zero-order valence-corrected chi connectivity index (χ0v) is 13.4. The Kier molecular flexibility index (Phi) is 6.56. The second kappa shape index (κ2) is 7.70. The Morgan fingerprint density at radius 1 is 1.40 bits per heavy atom. The van der Waals surface area contributed by atoms with Gasteiger partial charge in [0.25, 0.3) is 5.91 Å². The van der Waals surface area contributed by atoms with Crippen molar-refractivity contribution in [1.82, 2.24) is 10.2 Å². The lowest BCUT2D eigenvalue weighted by Gasteiger charge is -2.32. The van der Waals surface area contributed by atoms with E-state index in [0.29, 0.717) is 0 Å². The Hall–Kier alpha value is -1.00. The van der Waals surface area contributed by atoms with E-state index in [2.05, 4.69) is 5.32 Å². The molecule has 0 aliphatic carbocycles. The summed E-state index contributed by atoms with van der Waals surface area (Å²) in [6, 6.07) is 1.85. The van der Waals surface area contributed by atoms with E-state index in [1.807, 2.05) is 31.9 Å². The van der Waals surface area contributed by atoms with Crippen LogP contribution in [0.3, 0.4) is 0 Å². The summed E-state index contributed by atoms with van der Waals surface area (Å²) in [5.41, 5.74) is 0.728. The highest BCUT2D eigenvalue weighted by atomic mass is 35.5. The molecule has 0 unspecified atom stereocenters. The summed E-state index contributed by atoms with van der Waals surface area (Å²) in [5.74, 6) is 2.43. The maximum absolute atomic E-state index is 12.4. The number of halogens is 1. The van der Waals surface area contributed by atoms with Gasteiger partial charge in [0.15, 0.2) is 0 Å². The number of hydrogen-bond donors (Lipinski definition) is 1. The smallest absolute Gasteiger partial charge is 0.257 e. The molecule has 2 rings (SSSR count). The van der Waals surface area contributed by atoms with Crippen LogP contribution in [0.1, 0.15) is 41.1 Å². The van der Waals surface area contributed by atoms with Crippen molar-refractivity contribution in [3.63, 3.8) is 0 Å². The number of furan rings is 1. The van der Waals surface area contributed by atoms with Gasteiger partial charge >= 0.3 is 0 Å². The van der Waals surface area contributed by atoms with E-state index in [1.54, 1.807) is 0 Å². The molecule has 2 heterocycles. The SMILES string of the molecule is CNCCC1CCN(C(=O)c2cc(C)oc2C)CC1.Cl. The normalized spacial score (nSPS) is 16.1. The van der Waals surface area contributed by atoms with Gasteiger partial charge in [-0.2, -0.15) is 0 Å². The first-order valence-corrected chi connectivity index (χ1v) is 7.12. The lowest BCUT2D eigenvalue weighted by atomic mass is 9.93. The number of carbonyl (C=O) groups excluding carboxylic acids is 1. The van der Waals surface area contributed by atoms with E-state index in [4.69, 9.17) is 4.42 Å². The molecule has 1 N–H and O–H groups in total. The van der Waals surface area contributed by atoms with Crippen molar-refractivity contribution in [3.8, 4) is 0 Å². The average Bonchev–Trinajstić information content (AvgIpc) is 2.75. The van der Waals surface area contributed by atoms with Gasteiger partial charge in [-0.3, -0.25) is 4.79 Å². The minimum atomic E-state index is 0. The molecule has 1 aromatic rings. The first-order chi connectivity index (χ1) is 9.11. The molecular weight excluding hydrogens is 276 g/mol. The van der Waals surface area contributed by atoms with Crippen LogP contribution < -0.4 is 5.32 Å². The topological polar surface area (TPSA) is 45.5 Å². The van der Waals surface area contributed by atoms with Gasteiger partial charge in [0.2, 0.25) is 0 Å². The van der Waals surface area contributed by atoms with Crippen molar-refractivity contribution in [2.45, 2.75) is 33.1 Å². The van der Waals surface area contributed by atoms with Gasteiger partial charge in [-0.1, -0.05) is 0 Å². The van der Waals surface area contributed by atoms with Gasteiger partial charge in [0.05, 0.1) is 5.56 Å². The molecule has 0 saturated carbocycles. The predicted molar refractivity (Wildman–Crippen MR) is 82.6 cm³/mol. The molecule has 4 nitrogen and oxygen atoms in total. The van der Waals surface area contributed by atoms with Gasteiger partial charge in [-0.15, -0.1) is 12.4 Å². The average molecular weight is 301 g/mol. The zero-order valence-electron chi connectivity index (χ0n) is 12.6. The zero-order chi connectivity index (χ0) is 13.8. The molecule has 1 fully saturated rings. The summed E-state index contributed by atoms with van der Waals surface area (Å²) in [6.07, 6.45) is 3.44. The van der Waals surface area contributed by atoms with E-state index in [0.717, 1.165) is 55.5 Å². The quantitative estimate of drug-likeness (QED) is 0.930. The van der Waals surface area contributed by atoms with Gasteiger partial charge in [-0.05, 0) is 58.7 Å². The third-order valence-electron chi connectivity index (χ3n) is 3.98. The van der Waals surface area contributed by atoms with Crippen LogP contribution in [0.15, 0.2) is 10.5 Å². The highest BCUT2D eigenvalue weighted by molar-refractivity contribution is 5.95. The Morgan fingerprint density at radius 2 is 2.05 bits per heavy atom. The second-order valence-corrected chi connectivity index (χ2v) is 5.45. The Bertz CT molecular complexity index is 437. The fourth-order valence-corrected chi connectivity index (χ4v) is 2.79. The molecule has 1 aliphatic heterocycles. The number of aryl methyl sites for hydroxylation is 2. The first kappa shape index (κ1) is 17.1. The highest BCUT2D eigenvalue weighted by Crippen LogP contribution is 2.23. The maximum Gasteiger partial charge on any atom is 0.257 e. The van der Waals surface area contributed by atoms with Crippen LogP contribution in [-0.4, -0.2) is 37.5 Å². The van der Waals surface area contributed by atoms with Crippen LogP contribution in [0.5, 0.6) is 0 Å². The number of amides is 1. The third kappa shape index (κ3) is 4.00. The Labute approximate surface area is 127 Å². The largest absolute Gasteiger partial charge is 0.466 e. The molecule has 1 aliphatic rings. The van der Waals surface area contributed by atoms with E-state index in [1.165, 1.54) is 6.42 Å². The molecule has 0 radical (unpaired) electrons. The lowest BCUT2D eigenvalue weighted by Crippen LogP contribution is -2.39. The molecule has 5 heteroatoms. The Morgan fingerprint density at radius 3 is 2.55 bits per heavy atom. The molecule has 0 aromatic carbocycles. The van der Waals surface area contributed by atoms with Crippen molar-refractivity contribution in [1.29, 1.82) is 0 Å². The number of hydrogen-bond acceptors (Lipinski definition) is 3. The summed E-state index contributed by atoms with van der Waals surface area (Å²) in [4.78, 5) is 14.4. The summed E-state index contributed by atoms with van der Waals surface area (Å²) >= 11 is 0. The van der Waals surface area contributed by atoms with Crippen LogP contribution in [0.25, 0.3) is 0 Å². The van der Waals surface area contributed by atoms with E-state index >= 15 is 0 Å². The van der Waals surface area contributed by atoms with Crippen molar-refractivity contribution in [2.75, 3.05) is 26.7 Å². The number of nitrogens with zero attached hydrogens (tertiary/aromatic N) is 1. The van der Waals surface area contributed by atoms with Gasteiger partial charge < -0.3 is 14.6 Å². The monoisotopic (exact) mass is 300 g/mol. The summed E-state index contributed by atoms with van der Waals surface area (Å²) in [5, 5.41) is 3.19. The minimum Gasteiger partial charge on any atom is -0.466 e. The lowest BCUT2D eigenvalue weighted by molar-refractivity contribution is 0.0685. The molecule has 1 saturated heterocycles. The molecule has 0 atom stereocenters. The fraction of sp³-hybridized carbons (Fsp3) is 0.667. The van der Waals surface area contributed by atoms with Crippen molar-refractivity contribution in [3.05, 3.63) is 23.2 Å². The molecular formula is C15H25ClN2O2. The summed E-state index contributed by atoms with van der Waals surface area (Å²) in [6.45, 7) is 6.56. The summed E-state index contributed by atoms with van der Waals surface area (Å²) in [7, 11) is 1.99. The Balaban J connectivity index is 0.00000200. The van der Waals surface area contributed by atoms with Gasteiger partial charge in [0, 0.05) is 13.1 Å². The number of likely N-dealkylation sites (tertiary alicyclic amines) is 1. The number of piperidine rings is 1. The molecule has 0 bridgehead atoms. The van der Waals surface area contributed by atoms with Crippen LogP contribution in [0.4, 0.5) is 0 Å². The van der Waals surface area contributed by atoms with Gasteiger partial charge in [-0.25, -0.2) is 0 Å². The second-order valence-electron chi connectivity index (χ2n) is 5.45. The minimum absolute atomic E-state index is 0. The van der Waals surface area contributed by atoms with Crippen LogP contribution in [0.2, 0.25) is 0 Å². The molecule has 0 spiro atoms. The fourth-order valence-electron chi connectivity index (χ4n) is 2.79. The maximum atomic E-state index is 12.4. The van der Waals surface area contributed by atoms with Crippen LogP contribution in [-0.2, 0) is 0 Å². The summed E-state index contributed by atoms with van der Waals surface area (Å²) < 4.78 is 5.44. The number of carbonyl (C=O) groups is 1. The van der Waals surface area contributed by atoms with E-state index < -0.39 is 0 Å². The molecule has 1 amide bonds. The molecule has 1 aromatic heterocycles. The van der Waals surface area contributed by atoms with E-state index in [9.17, 15) is 4.79 Å². The van der Waals surface area contributed by atoms with Crippen molar-refractivity contribution >= 4 is 18.3 Å². The van der Waals surface area contributed by atoms with E-state index in [-0.39, 0.29) is 18.3 Å². The highest BCUT2D eigenvalue weighted by Gasteiger charge is 2.25. The first-order valence-electron chi connectivity index (χ1n) is 7.12. The number of nitrogens with one attached hydrogen (secondary N) is 1. The third-order valence-corrected chi connectivity index (χ3v) is 3.98. The molecule has 114 valence electrons. The van der Waals surface area contributed by atoms with Crippen molar-refractivity contribution in [2.24, 2.45) is 5.92 Å². The van der Waals surface area contributed by atoms with Crippen LogP contribution in [0, 0.1) is 19.8 Å². The predicted octanol–water partition coefficient (Wildman–Crippen LogP) is 2.78.